The topological polar surface area (TPSA) is 55.3 Å². The average molecular weight is 427 g/mol. The maximum absolute atomic E-state index is 6.37. The molecule has 7 aromatic rings. The molecule has 0 fully saturated rings. The number of nitrogens with zero attached hydrogens (tertiary/aromatic N) is 3. The van der Waals surface area contributed by atoms with E-state index in [1.807, 2.05) is 73.1 Å². The Labute approximate surface area is 188 Å². The van der Waals surface area contributed by atoms with E-state index in [1.54, 1.807) is 6.20 Å². The number of aromatic nitrogens is 2. The van der Waals surface area contributed by atoms with E-state index in [4.69, 9.17) is 8.83 Å². The van der Waals surface area contributed by atoms with Crippen LogP contribution in [-0.2, 0) is 0 Å². The lowest BCUT2D eigenvalue weighted by molar-refractivity contribution is 0.654. The summed E-state index contributed by atoms with van der Waals surface area (Å²) in [6.45, 7) is 0. The van der Waals surface area contributed by atoms with Crippen LogP contribution in [0.1, 0.15) is 0 Å². The Balaban J connectivity index is 1.60. The maximum Gasteiger partial charge on any atom is 0.227 e. The van der Waals surface area contributed by atoms with Gasteiger partial charge in [0.25, 0.3) is 0 Å². The second kappa shape index (κ2) is 6.93. The lowest BCUT2D eigenvalue weighted by Crippen LogP contribution is -2.10. The summed E-state index contributed by atoms with van der Waals surface area (Å²) < 4.78 is 12.4. The molecule has 5 heteroatoms. The van der Waals surface area contributed by atoms with Crippen LogP contribution in [0.3, 0.4) is 0 Å². The number of rotatable bonds is 3. The first-order valence-electron chi connectivity index (χ1n) is 10.8. The molecule has 0 saturated carbocycles. The van der Waals surface area contributed by atoms with Gasteiger partial charge in [-0.1, -0.05) is 42.5 Å². The number of hydrogen-bond acceptors (Lipinski definition) is 5. The molecule has 0 aliphatic carbocycles. The molecule has 156 valence electrons. The van der Waals surface area contributed by atoms with Crippen LogP contribution in [0, 0.1) is 0 Å². The minimum atomic E-state index is 0.619. The SMILES string of the molecule is c1ccc(N(c2cncc3c2oc2ccccc23)c2cccc3oc4ncccc4c23)cc1. The van der Waals surface area contributed by atoms with Gasteiger partial charge in [0, 0.05) is 28.9 Å². The third kappa shape index (κ3) is 2.66. The van der Waals surface area contributed by atoms with Crippen molar-refractivity contribution in [1.82, 2.24) is 9.97 Å². The average Bonchev–Trinajstić information content (AvgIpc) is 3.44. The second-order valence-electron chi connectivity index (χ2n) is 7.91. The summed E-state index contributed by atoms with van der Waals surface area (Å²) >= 11 is 0. The molecule has 0 bridgehead atoms. The predicted molar refractivity (Wildman–Crippen MR) is 131 cm³/mol. The van der Waals surface area contributed by atoms with Crippen molar-refractivity contribution < 1.29 is 8.83 Å². The summed E-state index contributed by atoms with van der Waals surface area (Å²) in [5, 5.41) is 3.99. The van der Waals surface area contributed by atoms with E-state index >= 15 is 0 Å². The lowest BCUT2D eigenvalue weighted by atomic mass is 10.1. The molecule has 0 aliphatic heterocycles. The highest BCUT2D eigenvalue weighted by molar-refractivity contribution is 6.15. The summed E-state index contributed by atoms with van der Waals surface area (Å²) in [5.41, 5.74) is 5.86. The molecule has 3 aromatic carbocycles. The third-order valence-corrected chi connectivity index (χ3v) is 6.01. The largest absolute Gasteiger partial charge is 0.454 e. The summed E-state index contributed by atoms with van der Waals surface area (Å²) in [4.78, 5) is 11.2. The summed E-state index contributed by atoms with van der Waals surface area (Å²) in [6, 6.07) is 28.3. The van der Waals surface area contributed by atoms with Crippen molar-refractivity contribution in [2.24, 2.45) is 0 Å². The molecule has 0 unspecified atom stereocenters. The minimum Gasteiger partial charge on any atom is -0.454 e. The van der Waals surface area contributed by atoms with E-state index in [9.17, 15) is 0 Å². The first-order chi connectivity index (χ1) is 16.4. The number of anilines is 3. The van der Waals surface area contributed by atoms with Crippen molar-refractivity contribution in [1.29, 1.82) is 0 Å². The molecule has 0 amide bonds. The van der Waals surface area contributed by atoms with Crippen molar-refractivity contribution in [2.45, 2.75) is 0 Å². The molecule has 0 aliphatic rings. The van der Waals surface area contributed by atoms with Crippen LogP contribution in [0.5, 0.6) is 0 Å². The Kier molecular flexibility index (Phi) is 3.78. The summed E-state index contributed by atoms with van der Waals surface area (Å²) in [6.07, 6.45) is 5.47. The van der Waals surface area contributed by atoms with Gasteiger partial charge in [-0.05, 0) is 42.5 Å². The normalized spacial score (nSPS) is 11.6. The van der Waals surface area contributed by atoms with Gasteiger partial charge in [-0.25, -0.2) is 4.98 Å². The Morgan fingerprint density at radius 2 is 1.42 bits per heavy atom. The summed E-state index contributed by atoms with van der Waals surface area (Å²) in [7, 11) is 0. The molecule has 7 rings (SSSR count). The zero-order valence-corrected chi connectivity index (χ0v) is 17.5. The first-order valence-corrected chi connectivity index (χ1v) is 10.8. The van der Waals surface area contributed by atoms with Gasteiger partial charge in [0.05, 0.1) is 22.7 Å². The van der Waals surface area contributed by atoms with Crippen LogP contribution in [0.4, 0.5) is 17.1 Å². The monoisotopic (exact) mass is 427 g/mol. The molecule has 5 nitrogen and oxygen atoms in total. The molecule has 0 radical (unpaired) electrons. The van der Waals surface area contributed by atoms with Crippen molar-refractivity contribution in [3.8, 4) is 0 Å². The summed E-state index contributed by atoms with van der Waals surface area (Å²) in [5.74, 6) is 0. The molecule has 0 atom stereocenters. The Morgan fingerprint density at radius 1 is 0.606 bits per heavy atom. The van der Waals surface area contributed by atoms with E-state index in [2.05, 4.69) is 39.1 Å². The first kappa shape index (κ1) is 18.0. The maximum atomic E-state index is 6.37. The van der Waals surface area contributed by atoms with Gasteiger partial charge >= 0.3 is 0 Å². The number of pyridine rings is 2. The quantitative estimate of drug-likeness (QED) is 0.289. The lowest BCUT2D eigenvalue weighted by Gasteiger charge is -2.25. The third-order valence-electron chi connectivity index (χ3n) is 6.01. The van der Waals surface area contributed by atoms with Gasteiger partial charge in [0.15, 0.2) is 5.58 Å². The zero-order chi connectivity index (χ0) is 21.8. The highest BCUT2D eigenvalue weighted by Crippen LogP contribution is 2.45. The Morgan fingerprint density at radius 3 is 2.36 bits per heavy atom. The smallest absolute Gasteiger partial charge is 0.227 e. The van der Waals surface area contributed by atoms with Gasteiger partial charge < -0.3 is 13.7 Å². The van der Waals surface area contributed by atoms with Crippen molar-refractivity contribution >= 4 is 61.1 Å². The molecule has 4 heterocycles. The standard InChI is InChI=1S/C28H17N3O2/c1-2-8-18(9-3-1)31(22-12-6-14-25-26(22)20-11-7-15-30-28(20)33-25)23-17-29-16-21-19-10-4-5-13-24(19)32-27(21)23/h1-17H. The molecular formula is C28H17N3O2. The van der Waals surface area contributed by atoms with Gasteiger partial charge in [0.1, 0.15) is 16.9 Å². The van der Waals surface area contributed by atoms with Crippen molar-refractivity contribution in [3.05, 3.63) is 104 Å². The van der Waals surface area contributed by atoms with Gasteiger partial charge in [-0.15, -0.1) is 0 Å². The molecular weight excluding hydrogens is 410 g/mol. The fourth-order valence-electron chi connectivity index (χ4n) is 4.60. The zero-order valence-electron chi connectivity index (χ0n) is 17.5. The van der Waals surface area contributed by atoms with E-state index in [1.165, 1.54) is 0 Å². The minimum absolute atomic E-state index is 0.619. The van der Waals surface area contributed by atoms with Gasteiger partial charge in [-0.2, -0.15) is 0 Å². The number of hydrogen-bond donors (Lipinski definition) is 0. The van der Waals surface area contributed by atoms with Crippen LogP contribution in [0.2, 0.25) is 0 Å². The fraction of sp³-hybridized carbons (Fsp3) is 0. The van der Waals surface area contributed by atoms with E-state index < -0.39 is 0 Å². The van der Waals surface area contributed by atoms with Crippen LogP contribution in [0.15, 0.2) is 112 Å². The number of benzene rings is 3. The molecule has 33 heavy (non-hydrogen) atoms. The van der Waals surface area contributed by atoms with E-state index in [0.717, 1.165) is 55.4 Å². The van der Waals surface area contributed by atoms with Crippen LogP contribution >= 0.6 is 0 Å². The van der Waals surface area contributed by atoms with Crippen LogP contribution < -0.4 is 4.90 Å². The van der Waals surface area contributed by atoms with Gasteiger partial charge in [0.2, 0.25) is 5.71 Å². The van der Waals surface area contributed by atoms with Crippen LogP contribution in [0.25, 0.3) is 44.0 Å². The molecule has 4 aromatic heterocycles. The van der Waals surface area contributed by atoms with E-state index in [0.29, 0.717) is 5.71 Å². The number of furan rings is 2. The van der Waals surface area contributed by atoms with Gasteiger partial charge in [-0.3, -0.25) is 4.98 Å². The van der Waals surface area contributed by atoms with Crippen molar-refractivity contribution in [3.63, 3.8) is 0 Å². The highest BCUT2D eigenvalue weighted by Gasteiger charge is 2.23. The highest BCUT2D eigenvalue weighted by atomic mass is 16.3. The Bertz CT molecular complexity index is 1780. The number of para-hydroxylation sites is 2. The molecule has 0 spiro atoms. The second-order valence-corrected chi connectivity index (χ2v) is 7.91. The predicted octanol–water partition coefficient (Wildman–Crippen LogP) is 7.75. The van der Waals surface area contributed by atoms with Crippen LogP contribution in [-0.4, -0.2) is 9.97 Å². The molecule has 0 saturated heterocycles. The van der Waals surface area contributed by atoms with Crippen molar-refractivity contribution in [2.75, 3.05) is 4.90 Å². The van der Waals surface area contributed by atoms with E-state index in [-0.39, 0.29) is 0 Å². The Hall–Kier alpha value is -4.64. The molecule has 0 N–H and O–H groups in total. The number of fused-ring (bicyclic) bond motifs is 6. The fourth-order valence-corrected chi connectivity index (χ4v) is 4.60.